The van der Waals surface area contributed by atoms with Gasteiger partial charge in [0.1, 0.15) is 0 Å². The van der Waals surface area contributed by atoms with Crippen molar-refractivity contribution < 1.29 is 9.32 Å². The number of nitrogens with zero attached hydrogens (tertiary/aromatic N) is 2. The van der Waals surface area contributed by atoms with Crippen LogP contribution in [0.2, 0.25) is 0 Å². The first-order valence-electron chi connectivity index (χ1n) is 6.01. The molecule has 3 aromatic rings. The van der Waals surface area contributed by atoms with Crippen molar-refractivity contribution in [2.75, 3.05) is 5.32 Å². The lowest BCUT2D eigenvalue weighted by atomic mass is 10.1. The number of thiazole rings is 1. The number of carbonyl (C=O) groups is 1. The van der Waals surface area contributed by atoms with Gasteiger partial charge in [-0.15, -0.1) is 11.3 Å². The molecule has 1 N–H and O–H groups in total. The van der Waals surface area contributed by atoms with Crippen LogP contribution in [0.15, 0.2) is 52.5 Å². The molecule has 0 saturated heterocycles. The van der Waals surface area contributed by atoms with E-state index in [9.17, 15) is 4.79 Å². The highest BCUT2D eigenvalue weighted by atomic mass is 32.1. The highest BCUT2D eigenvalue weighted by Crippen LogP contribution is 2.20. The molecule has 20 heavy (non-hydrogen) atoms. The van der Waals surface area contributed by atoms with E-state index < -0.39 is 0 Å². The number of benzene rings is 1. The Morgan fingerprint density at radius 1 is 1.30 bits per heavy atom. The molecule has 1 aromatic carbocycles. The molecule has 0 aliphatic rings. The maximum absolute atomic E-state index is 11.8. The summed E-state index contributed by atoms with van der Waals surface area (Å²) in [6, 6.07) is 11.4. The first-order valence-corrected chi connectivity index (χ1v) is 6.89. The van der Waals surface area contributed by atoms with Crippen LogP contribution in [-0.4, -0.2) is 16.0 Å². The number of hydrogen-bond donors (Lipinski definition) is 1. The molecular weight excluding hydrogens is 274 g/mol. The number of nitrogens with one attached hydrogen (secondary N) is 1. The number of anilines is 1. The quantitative estimate of drug-likeness (QED) is 0.800. The molecule has 1 amide bonds. The molecule has 0 unspecified atom stereocenters. The lowest BCUT2D eigenvalue weighted by Gasteiger charge is -1.97. The highest BCUT2D eigenvalue weighted by Gasteiger charge is 2.11. The predicted molar refractivity (Wildman–Crippen MR) is 76.4 cm³/mol. The largest absolute Gasteiger partial charge is 0.356 e. The Kier molecular flexibility index (Phi) is 3.56. The third-order valence-corrected chi connectivity index (χ3v) is 3.33. The van der Waals surface area contributed by atoms with Crippen molar-refractivity contribution in [3.8, 4) is 11.3 Å². The summed E-state index contributed by atoms with van der Waals surface area (Å²) in [7, 11) is 0. The average Bonchev–Trinajstić information content (AvgIpc) is 3.11. The molecular formula is C14H11N3O2S. The maximum Gasteiger partial charge on any atom is 0.232 e. The summed E-state index contributed by atoms with van der Waals surface area (Å²) < 4.78 is 5.24. The number of aromatic nitrogens is 2. The van der Waals surface area contributed by atoms with Crippen molar-refractivity contribution in [3.05, 3.63) is 53.7 Å². The third-order valence-electron chi connectivity index (χ3n) is 2.64. The Hall–Kier alpha value is -2.47. The first-order chi connectivity index (χ1) is 9.81. The van der Waals surface area contributed by atoms with E-state index in [0.717, 1.165) is 5.56 Å². The molecule has 0 aliphatic carbocycles. The van der Waals surface area contributed by atoms with Gasteiger partial charge < -0.3 is 9.84 Å². The van der Waals surface area contributed by atoms with Crippen molar-refractivity contribution in [2.45, 2.75) is 6.42 Å². The van der Waals surface area contributed by atoms with Gasteiger partial charge >= 0.3 is 0 Å². The normalized spacial score (nSPS) is 10.4. The number of rotatable bonds is 4. The van der Waals surface area contributed by atoms with Crippen LogP contribution in [0, 0.1) is 0 Å². The zero-order chi connectivity index (χ0) is 13.8. The van der Waals surface area contributed by atoms with Crippen LogP contribution in [0.4, 0.5) is 5.13 Å². The molecule has 2 aromatic heterocycles. The fourth-order valence-corrected chi connectivity index (χ4v) is 2.29. The maximum atomic E-state index is 11.8. The van der Waals surface area contributed by atoms with Crippen molar-refractivity contribution >= 4 is 22.4 Å². The highest BCUT2D eigenvalue weighted by molar-refractivity contribution is 7.13. The molecule has 0 atom stereocenters. The van der Waals surface area contributed by atoms with Gasteiger partial charge in [0, 0.05) is 23.2 Å². The minimum absolute atomic E-state index is 0.159. The standard InChI is InChI=1S/C14H11N3O2S/c18-13(16-14-15-6-7-20-14)9-11-8-12(19-17-11)10-4-2-1-3-5-10/h1-8H,9H2,(H,15,16,18). The van der Waals surface area contributed by atoms with E-state index in [-0.39, 0.29) is 12.3 Å². The second kappa shape index (κ2) is 5.66. The second-order valence-electron chi connectivity index (χ2n) is 4.11. The zero-order valence-electron chi connectivity index (χ0n) is 10.4. The lowest BCUT2D eigenvalue weighted by molar-refractivity contribution is -0.115. The minimum Gasteiger partial charge on any atom is -0.356 e. The lowest BCUT2D eigenvalue weighted by Crippen LogP contribution is -2.14. The van der Waals surface area contributed by atoms with E-state index in [0.29, 0.717) is 16.6 Å². The summed E-state index contributed by atoms with van der Waals surface area (Å²) in [6.07, 6.45) is 1.81. The Labute approximate surface area is 119 Å². The van der Waals surface area contributed by atoms with Crippen LogP contribution in [0.3, 0.4) is 0 Å². The van der Waals surface area contributed by atoms with Crippen LogP contribution in [0.1, 0.15) is 5.69 Å². The van der Waals surface area contributed by atoms with E-state index in [1.807, 2.05) is 30.3 Å². The summed E-state index contributed by atoms with van der Waals surface area (Å²) in [5, 5.41) is 9.00. The van der Waals surface area contributed by atoms with Gasteiger partial charge in [0.15, 0.2) is 10.9 Å². The number of hydrogen-bond acceptors (Lipinski definition) is 5. The molecule has 0 spiro atoms. The summed E-state index contributed by atoms with van der Waals surface area (Å²) in [6.45, 7) is 0. The predicted octanol–water partition coefficient (Wildman–Crippen LogP) is 2.98. The molecule has 0 fully saturated rings. The van der Waals surface area contributed by atoms with Crippen LogP contribution >= 0.6 is 11.3 Å². The van der Waals surface area contributed by atoms with E-state index in [2.05, 4.69) is 15.5 Å². The van der Waals surface area contributed by atoms with Gasteiger partial charge in [-0.3, -0.25) is 4.79 Å². The topological polar surface area (TPSA) is 68.0 Å². The molecule has 6 heteroatoms. The minimum atomic E-state index is -0.159. The monoisotopic (exact) mass is 285 g/mol. The van der Waals surface area contributed by atoms with E-state index in [1.54, 1.807) is 17.6 Å². The summed E-state index contributed by atoms with van der Waals surface area (Å²) in [4.78, 5) is 15.8. The summed E-state index contributed by atoms with van der Waals surface area (Å²) in [5.41, 5.74) is 1.53. The van der Waals surface area contributed by atoms with Crippen molar-refractivity contribution in [3.63, 3.8) is 0 Å². The molecule has 0 radical (unpaired) electrons. The van der Waals surface area contributed by atoms with E-state index in [4.69, 9.17) is 4.52 Å². The number of carbonyl (C=O) groups excluding carboxylic acids is 1. The smallest absolute Gasteiger partial charge is 0.232 e. The second-order valence-corrected chi connectivity index (χ2v) is 5.01. The molecule has 0 bridgehead atoms. The Morgan fingerprint density at radius 3 is 2.90 bits per heavy atom. The SMILES string of the molecule is O=C(Cc1cc(-c2ccccc2)on1)Nc1nccs1. The van der Waals surface area contributed by atoms with Gasteiger partial charge in [-0.2, -0.15) is 0 Å². The van der Waals surface area contributed by atoms with Crippen molar-refractivity contribution in [1.82, 2.24) is 10.1 Å². The van der Waals surface area contributed by atoms with Gasteiger partial charge in [-0.05, 0) is 0 Å². The Bertz CT molecular complexity index is 692. The van der Waals surface area contributed by atoms with Crippen LogP contribution in [-0.2, 0) is 11.2 Å². The van der Waals surface area contributed by atoms with Crippen molar-refractivity contribution in [1.29, 1.82) is 0 Å². The van der Waals surface area contributed by atoms with Gasteiger partial charge in [-0.25, -0.2) is 4.98 Å². The molecule has 0 saturated carbocycles. The van der Waals surface area contributed by atoms with Gasteiger partial charge in [0.2, 0.25) is 5.91 Å². The fraction of sp³-hybridized carbons (Fsp3) is 0.0714. The van der Waals surface area contributed by atoms with Gasteiger partial charge in [-0.1, -0.05) is 35.5 Å². The van der Waals surface area contributed by atoms with E-state index >= 15 is 0 Å². The van der Waals surface area contributed by atoms with Crippen LogP contribution < -0.4 is 5.32 Å². The van der Waals surface area contributed by atoms with Crippen LogP contribution in [0.25, 0.3) is 11.3 Å². The Balaban J connectivity index is 1.67. The van der Waals surface area contributed by atoms with Crippen molar-refractivity contribution in [2.24, 2.45) is 0 Å². The summed E-state index contributed by atoms with van der Waals surface area (Å²) >= 11 is 1.38. The third kappa shape index (κ3) is 2.92. The molecule has 0 aliphatic heterocycles. The molecule has 3 rings (SSSR count). The van der Waals surface area contributed by atoms with E-state index in [1.165, 1.54) is 11.3 Å². The average molecular weight is 285 g/mol. The van der Waals surface area contributed by atoms with Gasteiger partial charge in [0.25, 0.3) is 0 Å². The van der Waals surface area contributed by atoms with Crippen LogP contribution in [0.5, 0.6) is 0 Å². The molecule has 100 valence electrons. The van der Waals surface area contributed by atoms with Gasteiger partial charge in [0.05, 0.1) is 12.1 Å². The fourth-order valence-electron chi connectivity index (χ4n) is 1.75. The molecule has 5 nitrogen and oxygen atoms in total. The molecule has 2 heterocycles. The first kappa shape index (κ1) is 12.6. The summed E-state index contributed by atoms with van der Waals surface area (Å²) in [5.74, 6) is 0.496. The Morgan fingerprint density at radius 2 is 2.15 bits per heavy atom. The number of amides is 1. The zero-order valence-corrected chi connectivity index (χ0v) is 11.3.